The second-order valence-electron chi connectivity index (χ2n) is 8.46. The van der Waals surface area contributed by atoms with E-state index in [9.17, 15) is 0 Å². The van der Waals surface area contributed by atoms with Gasteiger partial charge in [-0.3, -0.25) is 0 Å². The molecule has 174 valence electrons. The lowest BCUT2D eigenvalue weighted by molar-refractivity contribution is 0.295. The van der Waals surface area contributed by atoms with Gasteiger partial charge in [-0.15, -0.1) is 0 Å². The van der Waals surface area contributed by atoms with Crippen LogP contribution in [-0.4, -0.2) is 45.4 Å². The Hall–Kier alpha value is -3.94. The van der Waals surface area contributed by atoms with Crippen molar-refractivity contribution in [3.63, 3.8) is 0 Å². The van der Waals surface area contributed by atoms with Gasteiger partial charge in [-0.1, -0.05) is 48.5 Å². The maximum atomic E-state index is 5.92. The number of piperidine rings is 1. The number of para-hydroxylation sites is 1. The zero-order valence-corrected chi connectivity index (χ0v) is 19.4. The van der Waals surface area contributed by atoms with E-state index < -0.39 is 0 Å². The fourth-order valence-corrected chi connectivity index (χ4v) is 4.24. The molecule has 2 aromatic carbocycles. The van der Waals surface area contributed by atoms with Crippen molar-refractivity contribution in [1.29, 1.82) is 0 Å². The standard InChI is InChI=1S/C26H29N7O/c1-32-19-21(22-12-6-7-13-23(22)32)18-27-31-24-28-25(33-15-8-3-9-16-33)30-26(29-24)34-17-14-20-10-4-2-5-11-20/h2,4-7,10-13,18-19H,3,8-9,14-17H2,1H3,(H,28,29,30,31)/b27-18+. The Morgan fingerprint density at radius 2 is 1.76 bits per heavy atom. The van der Waals surface area contributed by atoms with Crippen molar-refractivity contribution >= 4 is 29.0 Å². The van der Waals surface area contributed by atoms with Crippen molar-refractivity contribution in [2.24, 2.45) is 12.1 Å². The summed E-state index contributed by atoms with van der Waals surface area (Å²) in [5, 5.41) is 5.56. The van der Waals surface area contributed by atoms with Gasteiger partial charge in [-0.2, -0.15) is 20.1 Å². The molecule has 0 aliphatic carbocycles. The molecule has 2 aromatic heterocycles. The average molecular weight is 456 g/mol. The summed E-state index contributed by atoms with van der Waals surface area (Å²) in [7, 11) is 2.03. The Bertz CT molecular complexity index is 1260. The van der Waals surface area contributed by atoms with Crippen LogP contribution in [0.2, 0.25) is 0 Å². The highest BCUT2D eigenvalue weighted by atomic mass is 16.5. The highest BCUT2D eigenvalue weighted by Crippen LogP contribution is 2.21. The molecule has 0 unspecified atom stereocenters. The number of anilines is 2. The number of ether oxygens (including phenoxy) is 1. The Balaban J connectivity index is 1.33. The molecule has 0 saturated carbocycles. The van der Waals surface area contributed by atoms with Crippen LogP contribution in [0.4, 0.5) is 11.9 Å². The van der Waals surface area contributed by atoms with Crippen molar-refractivity contribution < 1.29 is 4.74 Å². The molecule has 0 atom stereocenters. The van der Waals surface area contributed by atoms with Gasteiger partial charge in [0.25, 0.3) is 5.95 Å². The molecular formula is C26H29N7O. The minimum Gasteiger partial charge on any atom is -0.463 e. The van der Waals surface area contributed by atoms with Gasteiger partial charge in [0.05, 0.1) is 12.8 Å². The Kier molecular flexibility index (Phi) is 6.65. The van der Waals surface area contributed by atoms with Crippen LogP contribution in [0.3, 0.4) is 0 Å². The molecule has 0 amide bonds. The van der Waals surface area contributed by atoms with Gasteiger partial charge < -0.3 is 14.2 Å². The van der Waals surface area contributed by atoms with Crippen LogP contribution >= 0.6 is 0 Å². The van der Waals surface area contributed by atoms with E-state index in [0.717, 1.165) is 48.8 Å². The number of nitrogens with one attached hydrogen (secondary N) is 1. The Labute approximate surface area is 199 Å². The summed E-state index contributed by atoms with van der Waals surface area (Å²) in [5.74, 6) is 1.01. The van der Waals surface area contributed by atoms with E-state index in [0.29, 0.717) is 24.5 Å². The molecule has 34 heavy (non-hydrogen) atoms. The largest absolute Gasteiger partial charge is 0.463 e. The van der Waals surface area contributed by atoms with Crippen molar-refractivity contribution in [2.45, 2.75) is 25.7 Å². The summed E-state index contributed by atoms with van der Waals surface area (Å²) in [4.78, 5) is 15.8. The molecule has 0 spiro atoms. The molecule has 8 heteroatoms. The maximum Gasteiger partial charge on any atom is 0.323 e. The average Bonchev–Trinajstić information content (AvgIpc) is 3.21. The summed E-state index contributed by atoms with van der Waals surface area (Å²) < 4.78 is 8.01. The molecule has 5 rings (SSSR count). The lowest BCUT2D eigenvalue weighted by Crippen LogP contribution is -2.31. The Morgan fingerprint density at radius 3 is 2.62 bits per heavy atom. The highest BCUT2D eigenvalue weighted by molar-refractivity contribution is 5.99. The SMILES string of the molecule is Cn1cc(/C=N/Nc2nc(OCCc3ccccc3)nc(N3CCCCC3)n2)c2ccccc21. The van der Waals surface area contributed by atoms with Crippen LogP contribution in [0.5, 0.6) is 6.01 Å². The molecule has 1 N–H and O–H groups in total. The molecule has 4 aromatic rings. The first-order chi connectivity index (χ1) is 16.8. The van der Waals surface area contributed by atoms with E-state index in [4.69, 9.17) is 4.74 Å². The second-order valence-corrected chi connectivity index (χ2v) is 8.46. The predicted octanol–water partition coefficient (Wildman–Crippen LogP) is 4.42. The van der Waals surface area contributed by atoms with Crippen molar-refractivity contribution in [3.8, 4) is 6.01 Å². The number of nitrogens with zero attached hydrogens (tertiary/aromatic N) is 6. The lowest BCUT2D eigenvalue weighted by Gasteiger charge is -2.26. The molecule has 1 saturated heterocycles. The summed E-state index contributed by atoms with van der Waals surface area (Å²) >= 11 is 0. The number of fused-ring (bicyclic) bond motifs is 1. The summed E-state index contributed by atoms with van der Waals surface area (Å²) in [6, 6.07) is 18.8. The van der Waals surface area contributed by atoms with Gasteiger partial charge in [0, 0.05) is 49.2 Å². The summed E-state index contributed by atoms with van der Waals surface area (Å²) in [6.07, 6.45) is 8.15. The fraction of sp³-hybridized carbons (Fsp3) is 0.308. The van der Waals surface area contributed by atoms with Gasteiger partial charge in [0.15, 0.2) is 0 Å². The molecular weight excluding hydrogens is 426 g/mol. The van der Waals surface area contributed by atoms with Gasteiger partial charge in [0.2, 0.25) is 5.95 Å². The number of hydrazone groups is 1. The third kappa shape index (κ3) is 5.17. The van der Waals surface area contributed by atoms with Crippen LogP contribution in [0.1, 0.15) is 30.4 Å². The predicted molar refractivity (Wildman–Crippen MR) is 136 cm³/mol. The molecule has 1 aliphatic rings. The van der Waals surface area contributed by atoms with Crippen LogP contribution in [0.15, 0.2) is 65.9 Å². The molecule has 3 heterocycles. The molecule has 1 aliphatic heterocycles. The minimum absolute atomic E-state index is 0.314. The van der Waals surface area contributed by atoms with E-state index in [1.54, 1.807) is 6.21 Å². The van der Waals surface area contributed by atoms with Gasteiger partial charge in [-0.25, -0.2) is 5.43 Å². The quantitative estimate of drug-likeness (QED) is 0.313. The van der Waals surface area contributed by atoms with Gasteiger partial charge in [0.1, 0.15) is 0 Å². The number of hydrogen-bond donors (Lipinski definition) is 1. The third-order valence-electron chi connectivity index (χ3n) is 6.00. The van der Waals surface area contributed by atoms with E-state index in [1.165, 1.54) is 12.0 Å². The second kappa shape index (κ2) is 10.3. The smallest absolute Gasteiger partial charge is 0.323 e. The molecule has 0 radical (unpaired) electrons. The van der Waals surface area contributed by atoms with Crippen molar-refractivity contribution in [2.75, 3.05) is 30.0 Å². The van der Waals surface area contributed by atoms with Crippen molar-refractivity contribution in [1.82, 2.24) is 19.5 Å². The van der Waals surface area contributed by atoms with Gasteiger partial charge in [-0.05, 0) is 30.9 Å². The summed E-state index contributed by atoms with van der Waals surface area (Å²) in [5.41, 5.74) is 6.38. The molecule has 0 bridgehead atoms. The van der Waals surface area contributed by atoms with E-state index in [-0.39, 0.29) is 0 Å². The van der Waals surface area contributed by atoms with Crippen LogP contribution in [0.25, 0.3) is 10.9 Å². The number of rotatable bonds is 8. The highest BCUT2D eigenvalue weighted by Gasteiger charge is 2.17. The van der Waals surface area contributed by atoms with E-state index in [2.05, 4.69) is 65.4 Å². The number of benzene rings is 2. The van der Waals surface area contributed by atoms with Crippen LogP contribution in [-0.2, 0) is 13.5 Å². The minimum atomic E-state index is 0.314. The van der Waals surface area contributed by atoms with Crippen LogP contribution in [0, 0.1) is 0 Å². The normalized spacial score (nSPS) is 14.1. The first-order valence-electron chi connectivity index (χ1n) is 11.8. The zero-order valence-electron chi connectivity index (χ0n) is 19.4. The first kappa shape index (κ1) is 21.9. The lowest BCUT2D eigenvalue weighted by atomic mass is 10.1. The fourth-order valence-electron chi connectivity index (χ4n) is 4.24. The number of aryl methyl sites for hydroxylation is 1. The summed E-state index contributed by atoms with van der Waals surface area (Å²) in [6.45, 7) is 2.37. The molecule has 1 fully saturated rings. The van der Waals surface area contributed by atoms with Crippen LogP contribution < -0.4 is 15.1 Å². The molecule has 8 nitrogen and oxygen atoms in total. The number of aromatic nitrogens is 4. The first-order valence-corrected chi connectivity index (χ1v) is 11.8. The third-order valence-corrected chi connectivity index (χ3v) is 6.00. The van der Waals surface area contributed by atoms with E-state index >= 15 is 0 Å². The number of hydrogen-bond acceptors (Lipinski definition) is 7. The topological polar surface area (TPSA) is 80.5 Å². The van der Waals surface area contributed by atoms with Crippen molar-refractivity contribution in [3.05, 3.63) is 71.9 Å². The maximum absolute atomic E-state index is 5.92. The van der Waals surface area contributed by atoms with Gasteiger partial charge >= 0.3 is 6.01 Å². The Morgan fingerprint density at radius 1 is 0.971 bits per heavy atom. The zero-order chi connectivity index (χ0) is 23.2. The monoisotopic (exact) mass is 455 g/mol. The van der Waals surface area contributed by atoms with E-state index in [1.807, 2.05) is 37.4 Å².